The molecule has 7 heteroatoms. The normalized spacial score (nSPS) is 13.0. The molecule has 1 amide bonds. The summed E-state index contributed by atoms with van der Waals surface area (Å²) in [6.07, 6.45) is 0. The average Bonchev–Trinajstić information content (AvgIpc) is 2.57. The van der Waals surface area contributed by atoms with Gasteiger partial charge in [0.2, 0.25) is 0 Å². The summed E-state index contributed by atoms with van der Waals surface area (Å²) in [4.78, 5) is 35.9. The standard InChI is InChI=1S/C18H20N2O5/c1-12-6-4-9-15(21)20(12)11-18(2,24)17(23)19-14-8-5-7-13(10-14)16(22)25-3/h4-10,24H,11H2,1-3H3,(H,19,23). The number of hydrogen-bond acceptors (Lipinski definition) is 5. The van der Waals surface area contributed by atoms with Crippen LogP contribution in [0.2, 0.25) is 0 Å². The molecule has 2 aromatic rings. The van der Waals surface area contributed by atoms with Crippen molar-refractivity contribution >= 4 is 17.6 Å². The van der Waals surface area contributed by atoms with E-state index in [-0.39, 0.29) is 17.7 Å². The van der Waals surface area contributed by atoms with E-state index < -0.39 is 17.5 Å². The molecule has 2 N–H and O–H groups in total. The fourth-order valence-electron chi connectivity index (χ4n) is 2.31. The number of methoxy groups -OCH3 is 1. The minimum atomic E-state index is -1.82. The Balaban J connectivity index is 2.19. The first-order valence-corrected chi connectivity index (χ1v) is 7.63. The van der Waals surface area contributed by atoms with Crippen LogP contribution in [0.4, 0.5) is 5.69 Å². The Morgan fingerprint density at radius 2 is 1.92 bits per heavy atom. The number of carbonyl (C=O) groups is 2. The van der Waals surface area contributed by atoms with Gasteiger partial charge in [-0.3, -0.25) is 9.59 Å². The number of carbonyl (C=O) groups excluding carboxylic acids is 2. The fraction of sp³-hybridized carbons (Fsp3) is 0.278. The first-order chi connectivity index (χ1) is 11.7. The van der Waals surface area contributed by atoms with Crippen LogP contribution in [0, 0.1) is 6.92 Å². The third-order valence-corrected chi connectivity index (χ3v) is 3.76. The van der Waals surface area contributed by atoms with Crippen LogP contribution in [-0.4, -0.2) is 34.3 Å². The molecule has 0 aliphatic carbocycles. The number of aryl methyl sites for hydroxylation is 1. The molecule has 0 saturated carbocycles. The molecule has 1 atom stereocenters. The van der Waals surface area contributed by atoms with Gasteiger partial charge >= 0.3 is 5.97 Å². The van der Waals surface area contributed by atoms with Gasteiger partial charge in [-0.1, -0.05) is 12.1 Å². The largest absolute Gasteiger partial charge is 0.465 e. The number of nitrogens with zero attached hydrogens (tertiary/aromatic N) is 1. The summed E-state index contributed by atoms with van der Waals surface area (Å²) in [5.41, 5.74) is -0.883. The lowest BCUT2D eigenvalue weighted by Crippen LogP contribution is -2.46. The monoisotopic (exact) mass is 344 g/mol. The zero-order valence-corrected chi connectivity index (χ0v) is 14.3. The van der Waals surface area contributed by atoms with Crippen LogP contribution in [0.15, 0.2) is 47.3 Å². The highest BCUT2D eigenvalue weighted by Gasteiger charge is 2.31. The summed E-state index contributed by atoms with van der Waals surface area (Å²) >= 11 is 0. The van der Waals surface area contributed by atoms with E-state index in [0.29, 0.717) is 11.4 Å². The second-order valence-electron chi connectivity index (χ2n) is 5.89. The number of aromatic nitrogens is 1. The Bertz CT molecular complexity index is 855. The molecule has 0 saturated heterocycles. The maximum Gasteiger partial charge on any atom is 0.337 e. The van der Waals surface area contributed by atoms with Crippen LogP contribution >= 0.6 is 0 Å². The summed E-state index contributed by atoms with van der Waals surface area (Å²) in [7, 11) is 1.26. The summed E-state index contributed by atoms with van der Waals surface area (Å²) < 4.78 is 5.95. The Morgan fingerprint density at radius 1 is 1.24 bits per heavy atom. The van der Waals surface area contributed by atoms with Crippen molar-refractivity contribution in [2.75, 3.05) is 12.4 Å². The van der Waals surface area contributed by atoms with Gasteiger partial charge in [-0.15, -0.1) is 0 Å². The van der Waals surface area contributed by atoms with Gasteiger partial charge in [-0.2, -0.15) is 0 Å². The lowest BCUT2D eigenvalue weighted by molar-refractivity contribution is -0.133. The van der Waals surface area contributed by atoms with Crippen molar-refractivity contribution in [3.8, 4) is 0 Å². The van der Waals surface area contributed by atoms with Crippen molar-refractivity contribution in [3.63, 3.8) is 0 Å². The van der Waals surface area contributed by atoms with Gasteiger partial charge in [0.05, 0.1) is 19.2 Å². The SMILES string of the molecule is COC(=O)c1cccc(NC(=O)C(C)(O)Cn2c(C)cccc2=O)c1. The molecule has 7 nitrogen and oxygen atoms in total. The van der Waals surface area contributed by atoms with Crippen molar-refractivity contribution in [3.05, 3.63) is 64.1 Å². The van der Waals surface area contributed by atoms with Crippen LogP contribution in [-0.2, 0) is 16.1 Å². The number of benzene rings is 1. The molecule has 0 radical (unpaired) electrons. The van der Waals surface area contributed by atoms with Crippen molar-refractivity contribution in [2.45, 2.75) is 26.0 Å². The van der Waals surface area contributed by atoms with E-state index in [4.69, 9.17) is 0 Å². The maximum absolute atomic E-state index is 12.4. The van der Waals surface area contributed by atoms with Crippen molar-refractivity contribution in [2.24, 2.45) is 0 Å². The van der Waals surface area contributed by atoms with Gasteiger partial charge in [-0.25, -0.2) is 4.79 Å². The van der Waals surface area contributed by atoms with E-state index in [0.717, 1.165) is 0 Å². The van der Waals surface area contributed by atoms with Crippen LogP contribution in [0.5, 0.6) is 0 Å². The topological polar surface area (TPSA) is 97.6 Å². The van der Waals surface area contributed by atoms with Crippen LogP contribution in [0.1, 0.15) is 23.0 Å². The van der Waals surface area contributed by atoms with E-state index in [1.54, 1.807) is 37.3 Å². The second-order valence-corrected chi connectivity index (χ2v) is 5.89. The first kappa shape index (κ1) is 18.4. The number of amides is 1. The minimum absolute atomic E-state index is 0.193. The Kier molecular flexibility index (Phi) is 5.38. The first-order valence-electron chi connectivity index (χ1n) is 7.63. The van der Waals surface area contributed by atoms with Crippen molar-refractivity contribution in [1.82, 2.24) is 4.57 Å². The van der Waals surface area contributed by atoms with Gasteiger partial charge < -0.3 is 19.7 Å². The predicted molar refractivity (Wildman–Crippen MR) is 92.5 cm³/mol. The van der Waals surface area contributed by atoms with E-state index >= 15 is 0 Å². The number of hydrogen-bond donors (Lipinski definition) is 2. The summed E-state index contributed by atoms with van der Waals surface area (Å²) in [6.45, 7) is 2.85. The third-order valence-electron chi connectivity index (χ3n) is 3.76. The average molecular weight is 344 g/mol. The Hall–Kier alpha value is -2.93. The summed E-state index contributed by atoms with van der Waals surface area (Å²) in [5, 5.41) is 13.1. The number of rotatable bonds is 5. The molecule has 0 spiro atoms. The molecule has 0 aliphatic rings. The molecule has 2 rings (SSSR count). The number of nitrogens with one attached hydrogen (secondary N) is 1. The molecule has 0 aliphatic heterocycles. The van der Waals surface area contributed by atoms with Gasteiger partial charge in [0, 0.05) is 17.4 Å². The second kappa shape index (κ2) is 7.31. The van der Waals surface area contributed by atoms with Crippen molar-refractivity contribution < 1.29 is 19.4 Å². The molecule has 1 aromatic heterocycles. The smallest absolute Gasteiger partial charge is 0.337 e. The zero-order valence-electron chi connectivity index (χ0n) is 14.3. The summed E-state index contributed by atoms with van der Waals surface area (Å²) in [6, 6.07) is 10.9. The Morgan fingerprint density at radius 3 is 2.56 bits per heavy atom. The van der Waals surface area contributed by atoms with Crippen LogP contribution < -0.4 is 10.9 Å². The van der Waals surface area contributed by atoms with Gasteiger partial charge in [0.1, 0.15) is 0 Å². The molecule has 0 bridgehead atoms. The highest BCUT2D eigenvalue weighted by molar-refractivity contribution is 5.98. The number of esters is 1. The lowest BCUT2D eigenvalue weighted by atomic mass is 10.1. The number of pyridine rings is 1. The zero-order chi connectivity index (χ0) is 18.6. The minimum Gasteiger partial charge on any atom is -0.465 e. The number of anilines is 1. The maximum atomic E-state index is 12.4. The van der Waals surface area contributed by atoms with Gasteiger partial charge in [-0.05, 0) is 38.1 Å². The lowest BCUT2D eigenvalue weighted by Gasteiger charge is -2.24. The summed E-state index contributed by atoms with van der Waals surface area (Å²) in [5.74, 6) is -1.22. The van der Waals surface area contributed by atoms with Crippen LogP contribution in [0.25, 0.3) is 0 Å². The van der Waals surface area contributed by atoms with Crippen molar-refractivity contribution in [1.29, 1.82) is 0 Å². The van der Waals surface area contributed by atoms with Gasteiger partial charge in [0.25, 0.3) is 11.5 Å². The fourth-order valence-corrected chi connectivity index (χ4v) is 2.31. The quantitative estimate of drug-likeness (QED) is 0.798. The molecule has 132 valence electrons. The van der Waals surface area contributed by atoms with E-state index in [1.165, 1.54) is 30.7 Å². The Labute approximate surface area is 144 Å². The molecule has 1 unspecified atom stereocenters. The third kappa shape index (κ3) is 4.33. The highest BCUT2D eigenvalue weighted by atomic mass is 16.5. The highest BCUT2D eigenvalue weighted by Crippen LogP contribution is 2.16. The molecule has 0 fully saturated rings. The van der Waals surface area contributed by atoms with E-state index in [2.05, 4.69) is 10.1 Å². The van der Waals surface area contributed by atoms with Gasteiger partial charge in [0.15, 0.2) is 5.60 Å². The van der Waals surface area contributed by atoms with Crippen LogP contribution in [0.3, 0.4) is 0 Å². The molecule has 1 aromatic carbocycles. The molecular weight excluding hydrogens is 324 g/mol. The molecular formula is C18H20N2O5. The molecule has 1 heterocycles. The number of aliphatic hydroxyl groups is 1. The van der Waals surface area contributed by atoms with E-state index in [1.807, 2.05) is 0 Å². The number of ether oxygens (including phenoxy) is 1. The predicted octanol–water partition coefficient (Wildman–Crippen LogP) is 1.33. The van der Waals surface area contributed by atoms with E-state index in [9.17, 15) is 19.5 Å². The molecule has 25 heavy (non-hydrogen) atoms.